The fourth-order valence-corrected chi connectivity index (χ4v) is 3.39. The minimum Gasteiger partial charge on any atom is -0.0623 e. The zero-order valence-corrected chi connectivity index (χ0v) is 30.4. The van der Waals surface area contributed by atoms with Gasteiger partial charge in [0.05, 0.1) is 0 Å². The normalized spacial score (nSPS) is 21.3. The molecule has 0 aromatic carbocycles. The van der Waals surface area contributed by atoms with Gasteiger partial charge in [0.2, 0.25) is 0 Å². The Hall–Kier alpha value is 0. The first-order valence-electron chi connectivity index (χ1n) is 18.0. The van der Waals surface area contributed by atoms with E-state index in [9.17, 15) is 0 Å². The maximum atomic E-state index is 7.20. The molecule has 3 aliphatic rings. The highest BCUT2D eigenvalue weighted by Gasteiger charge is 2.40. The first-order valence-corrected chi connectivity index (χ1v) is 16.5. The standard InChI is InChI=1S/C9H18.C8H16.C7H14.2C7H16/c1-7(2)9(3,4)8-5-6-8;1-7(2)8(3)5-4-6-8;1-6(2)7(3)4-5-7;2*1-6(2)7(3,4)5/h7-8H,5-6H2,1-4H3;7H,4-6H2,1-3H3;6H,4-5H2,1-3H3;2*6H,1-5H3/i;;;3D3;. The van der Waals surface area contributed by atoms with Crippen molar-refractivity contribution in [1.82, 2.24) is 0 Å². The van der Waals surface area contributed by atoms with Gasteiger partial charge in [0, 0.05) is 4.11 Å². The van der Waals surface area contributed by atoms with Gasteiger partial charge in [0.25, 0.3) is 0 Å². The maximum Gasteiger partial charge on any atom is 0.0236 e. The summed E-state index contributed by atoms with van der Waals surface area (Å²) in [6, 6.07) is 0. The Morgan fingerprint density at radius 2 is 0.868 bits per heavy atom. The van der Waals surface area contributed by atoms with Crippen LogP contribution in [0.15, 0.2) is 0 Å². The summed E-state index contributed by atoms with van der Waals surface area (Å²) in [5.74, 6) is 4.69. The fraction of sp³-hybridized carbons (Fsp3) is 1.00. The highest BCUT2D eigenvalue weighted by Crippen LogP contribution is 2.51. The highest BCUT2D eigenvalue weighted by molar-refractivity contribution is 4.91. The predicted molar refractivity (Wildman–Crippen MR) is 179 cm³/mol. The zero-order chi connectivity index (χ0) is 33.4. The van der Waals surface area contributed by atoms with E-state index in [2.05, 4.69) is 104 Å². The zero-order valence-electron chi connectivity index (χ0n) is 33.4. The molecule has 3 fully saturated rings. The van der Waals surface area contributed by atoms with Crippen LogP contribution in [0.25, 0.3) is 0 Å². The van der Waals surface area contributed by atoms with Crippen LogP contribution in [-0.2, 0) is 0 Å². The van der Waals surface area contributed by atoms with Crippen LogP contribution in [0.1, 0.15) is 187 Å². The predicted octanol–water partition coefficient (Wildman–Crippen LogP) is 13.7. The maximum absolute atomic E-state index is 7.20. The van der Waals surface area contributed by atoms with Crippen LogP contribution in [0.2, 0.25) is 0 Å². The quantitative estimate of drug-likeness (QED) is 0.333. The first-order chi connectivity index (χ1) is 18.0. The van der Waals surface area contributed by atoms with E-state index in [1.807, 2.05) is 13.8 Å². The summed E-state index contributed by atoms with van der Waals surface area (Å²) < 4.78 is 21.6. The SMILES string of the molecule is CC(C)C(C)(C)C.CC(C)C(C)(C)C1CC1.CC(C)C1(C)CC1.CC(C)C1(C)CCC1.[2H]C([2H])([2H])C(C)(C)C(C)C. The summed E-state index contributed by atoms with van der Waals surface area (Å²) >= 11 is 0. The molecule has 0 amide bonds. The van der Waals surface area contributed by atoms with Crippen LogP contribution >= 0.6 is 0 Å². The van der Waals surface area contributed by atoms with E-state index in [0.717, 1.165) is 40.4 Å². The molecule has 3 rings (SSSR count). The molecule has 0 N–H and O–H groups in total. The molecule has 3 aliphatic carbocycles. The second kappa shape index (κ2) is 15.9. The van der Waals surface area contributed by atoms with Crippen molar-refractivity contribution in [2.24, 2.45) is 62.6 Å². The van der Waals surface area contributed by atoms with Gasteiger partial charge in [-0.15, -0.1) is 0 Å². The van der Waals surface area contributed by atoms with Crippen molar-refractivity contribution in [2.45, 2.75) is 183 Å². The molecule has 0 atom stereocenters. The topological polar surface area (TPSA) is 0 Å². The fourth-order valence-electron chi connectivity index (χ4n) is 3.39. The van der Waals surface area contributed by atoms with Crippen LogP contribution < -0.4 is 0 Å². The van der Waals surface area contributed by atoms with Crippen LogP contribution in [-0.4, -0.2) is 0 Å². The molecule has 0 spiro atoms. The van der Waals surface area contributed by atoms with Gasteiger partial charge in [-0.1, -0.05) is 145 Å². The molecule has 0 bridgehead atoms. The van der Waals surface area contributed by atoms with Gasteiger partial charge in [-0.3, -0.25) is 0 Å². The third-order valence-corrected chi connectivity index (χ3v) is 11.6. The lowest BCUT2D eigenvalue weighted by Crippen LogP contribution is -2.30. The van der Waals surface area contributed by atoms with Gasteiger partial charge in [-0.05, 0) is 101 Å². The van der Waals surface area contributed by atoms with Crippen molar-refractivity contribution in [3.8, 4) is 0 Å². The Morgan fingerprint density at radius 3 is 0.895 bits per heavy atom. The molecule has 38 heavy (non-hydrogen) atoms. The first kappa shape index (κ1) is 34.2. The molecule has 0 aliphatic heterocycles. The number of hydrogen-bond acceptors (Lipinski definition) is 0. The molecule has 0 heterocycles. The average Bonchev–Trinajstić information content (AvgIpc) is 3.68. The summed E-state index contributed by atoms with van der Waals surface area (Å²) in [6.45, 7) is 40.4. The lowest BCUT2D eigenvalue weighted by Gasteiger charge is -2.42. The smallest absolute Gasteiger partial charge is 0.0236 e. The molecule has 232 valence electrons. The largest absolute Gasteiger partial charge is 0.0623 e. The number of hydrogen-bond donors (Lipinski definition) is 0. The Morgan fingerprint density at radius 1 is 0.553 bits per heavy atom. The summed E-state index contributed by atoms with van der Waals surface area (Å²) in [5, 5.41) is 0. The van der Waals surface area contributed by atoms with Gasteiger partial charge >= 0.3 is 0 Å². The van der Waals surface area contributed by atoms with Crippen molar-refractivity contribution >= 4 is 0 Å². The van der Waals surface area contributed by atoms with Crippen molar-refractivity contribution in [3.63, 3.8) is 0 Å². The lowest BCUT2D eigenvalue weighted by atomic mass is 9.64. The second-order valence-corrected chi connectivity index (χ2v) is 17.6. The summed E-state index contributed by atoms with van der Waals surface area (Å²) in [6.07, 6.45) is 10.3. The second-order valence-electron chi connectivity index (χ2n) is 17.6. The molecule has 0 heteroatoms. The summed E-state index contributed by atoms with van der Waals surface area (Å²) in [7, 11) is 0. The Labute approximate surface area is 249 Å². The van der Waals surface area contributed by atoms with Crippen LogP contribution in [0, 0.1) is 62.6 Å². The molecular weight excluding hydrogens is 456 g/mol. The summed E-state index contributed by atoms with van der Waals surface area (Å²) in [5.41, 5.74) is 2.02. The van der Waals surface area contributed by atoms with Gasteiger partial charge in [0.1, 0.15) is 0 Å². The van der Waals surface area contributed by atoms with Gasteiger partial charge in [-0.25, -0.2) is 0 Å². The minimum absolute atomic E-state index is 0.194. The molecule has 0 radical (unpaired) electrons. The lowest BCUT2D eigenvalue weighted by molar-refractivity contribution is 0.0934. The van der Waals surface area contributed by atoms with E-state index in [1.165, 1.54) is 44.9 Å². The minimum atomic E-state index is -1.83. The third kappa shape index (κ3) is 16.3. The van der Waals surface area contributed by atoms with Gasteiger partial charge in [0.15, 0.2) is 0 Å². The third-order valence-electron chi connectivity index (χ3n) is 11.6. The molecule has 0 unspecified atom stereocenters. The molecule has 0 aromatic heterocycles. The Kier molecular flexibility index (Phi) is 14.3. The van der Waals surface area contributed by atoms with Gasteiger partial charge < -0.3 is 0 Å². The van der Waals surface area contributed by atoms with E-state index in [1.54, 1.807) is 13.8 Å². The van der Waals surface area contributed by atoms with Crippen LogP contribution in [0.5, 0.6) is 0 Å². The van der Waals surface area contributed by atoms with Crippen molar-refractivity contribution in [2.75, 3.05) is 0 Å². The van der Waals surface area contributed by atoms with E-state index < -0.39 is 12.3 Å². The van der Waals surface area contributed by atoms with Crippen molar-refractivity contribution < 1.29 is 4.11 Å². The highest BCUT2D eigenvalue weighted by atomic mass is 14.5. The van der Waals surface area contributed by atoms with Crippen LogP contribution in [0.3, 0.4) is 0 Å². The monoisotopic (exact) mass is 540 g/mol. The Bertz CT molecular complexity index is 673. The van der Waals surface area contributed by atoms with Crippen molar-refractivity contribution in [1.29, 1.82) is 0 Å². The van der Waals surface area contributed by atoms with E-state index in [0.29, 0.717) is 10.8 Å². The van der Waals surface area contributed by atoms with E-state index >= 15 is 0 Å². The molecule has 0 saturated heterocycles. The molecule has 0 nitrogen and oxygen atoms in total. The average molecular weight is 540 g/mol. The molecule has 0 aromatic rings. The number of rotatable bonds is 4. The molecular formula is C38H80. The van der Waals surface area contributed by atoms with E-state index in [4.69, 9.17) is 4.11 Å². The summed E-state index contributed by atoms with van der Waals surface area (Å²) in [4.78, 5) is 0. The van der Waals surface area contributed by atoms with Crippen LogP contribution in [0.4, 0.5) is 0 Å². The van der Waals surface area contributed by atoms with Crippen molar-refractivity contribution in [3.05, 3.63) is 0 Å². The molecule has 3 saturated carbocycles. The van der Waals surface area contributed by atoms with Gasteiger partial charge in [-0.2, -0.15) is 0 Å². The van der Waals surface area contributed by atoms with E-state index in [-0.39, 0.29) is 5.92 Å². The Balaban J connectivity index is 0.